The number of rotatable bonds is 5. The maximum absolute atomic E-state index is 12.6. The van der Waals surface area contributed by atoms with Crippen LogP contribution in [0.25, 0.3) is 0 Å². The molecule has 1 aromatic carbocycles. The van der Waals surface area contributed by atoms with Crippen LogP contribution >= 0.6 is 0 Å². The van der Waals surface area contributed by atoms with Crippen LogP contribution in [0.15, 0.2) is 40.3 Å². The van der Waals surface area contributed by atoms with Gasteiger partial charge < -0.3 is 0 Å². The summed E-state index contributed by atoms with van der Waals surface area (Å²) < 4.78 is 25.3. The highest BCUT2D eigenvalue weighted by Gasteiger charge is 2.30. The van der Waals surface area contributed by atoms with Gasteiger partial charge in [-0.2, -0.15) is 5.10 Å². The summed E-state index contributed by atoms with van der Waals surface area (Å²) in [6.07, 6.45) is 3.54. The summed E-state index contributed by atoms with van der Waals surface area (Å²) in [7, 11) is -3.22. The second kappa shape index (κ2) is 7.53. The molecule has 0 bridgehead atoms. The molecule has 1 fully saturated rings. The molecule has 1 saturated carbocycles. The van der Waals surface area contributed by atoms with Crippen molar-refractivity contribution in [3.63, 3.8) is 0 Å². The SMILES string of the molecule is CC(=NNc1nc(C)cc(C)n1)c1ccc(S(=O)(=O)C2CCCC2)cc1. The maximum atomic E-state index is 12.6. The summed E-state index contributed by atoms with van der Waals surface area (Å²) in [5.74, 6) is 0.447. The van der Waals surface area contributed by atoms with Crippen molar-refractivity contribution in [2.75, 3.05) is 5.43 Å². The molecule has 3 rings (SSSR count). The summed E-state index contributed by atoms with van der Waals surface area (Å²) in [5, 5.41) is 4.08. The number of nitrogens with one attached hydrogen (secondary N) is 1. The standard InChI is InChI=1S/C19H24N4O2S/c1-13-12-14(2)21-19(20-13)23-22-15(3)16-8-10-18(11-9-16)26(24,25)17-6-4-5-7-17/h8-12,17H,4-7H2,1-3H3,(H,20,21,23). The molecule has 26 heavy (non-hydrogen) atoms. The Labute approximate surface area is 154 Å². The highest BCUT2D eigenvalue weighted by molar-refractivity contribution is 7.92. The molecule has 0 unspecified atom stereocenters. The topological polar surface area (TPSA) is 84.3 Å². The minimum Gasteiger partial charge on any atom is -0.245 e. The highest BCUT2D eigenvalue weighted by atomic mass is 32.2. The van der Waals surface area contributed by atoms with E-state index in [0.29, 0.717) is 10.8 Å². The van der Waals surface area contributed by atoms with Gasteiger partial charge in [-0.3, -0.25) is 0 Å². The van der Waals surface area contributed by atoms with Gasteiger partial charge in [0.1, 0.15) is 0 Å². The average Bonchev–Trinajstić information content (AvgIpc) is 3.14. The number of hydrogen-bond donors (Lipinski definition) is 1. The molecule has 138 valence electrons. The zero-order chi connectivity index (χ0) is 18.7. The Balaban J connectivity index is 1.75. The molecule has 1 aliphatic rings. The Morgan fingerprint density at radius 2 is 1.65 bits per heavy atom. The van der Waals surface area contributed by atoms with Crippen molar-refractivity contribution in [1.82, 2.24) is 9.97 Å². The predicted octanol–water partition coefficient (Wildman–Crippen LogP) is 3.65. The van der Waals surface area contributed by atoms with E-state index < -0.39 is 9.84 Å². The molecule has 0 aliphatic heterocycles. The van der Waals surface area contributed by atoms with Crippen LogP contribution < -0.4 is 5.43 Å². The van der Waals surface area contributed by atoms with Crippen LogP contribution in [0.4, 0.5) is 5.95 Å². The molecule has 1 aliphatic carbocycles. The molecule has 2 aromatic rings. The molecule has 0 amide bonds. The van der Waals surface area contributed by atoms with Crippen LogP contribution in [-0.2, 0) is 9.84 Å². The number of sulfone groups is 1. The van der Waals surface area contributed by atoms with Gasteiger partial charge in [0.2, 0.25) is 5.95 Å². The van der Waals surface area contributed by atoms with Crippen molar-refractivity contribution in [2.45, 2.75) is 56.6 Å². The van der Waals surface area contributed by atoms with Crippen LogP contribution in [0, 0.1) is 13.8 Å². The first-order chi connectivity index (χ1) is 12.4. The third-order valence-electron chi connectivity index (χ3n) is 4.65. The lowest BCUT2D eigenvalue weighted by Gasteiger charge is -2.11. The van der Waals surface area contributed by atoms with Gasteiger partial charge >= 0.3 is 0 Å². The predicted molar refractivity (Wildman–Crippen MR) is 103 cm³/mol. The third-order valence-corrected chi connectivity index (χ3v) is 6.93. The number of benzene rings is 1. The smallest absolute Gasteiger partial charge is 0.243 e. The van der Waals surface area contributed by atoms with Gasteiger partial charge in [0, 0.05) is 11.4 Å². The summed E-state index contributed by atoms with van der Waals surface area (Å²) in [6.45, 7) is 5.66. The monoisotopic (exact) mass is 372 g/mol. The van der Waals surface area contributed by atoms with Crippen LogP contribution in [0.5, 0.6) is 0 Å². The van der Waals surface area contributed by atoms with E-state index in [1.807, 2.05) is 26.8 Å². The Morgan fingerprint density at radius 3 is 2.23 bits per heavy atom. The van der Waals surface area contributed by atoms with Gasteiger partial charge in [0.25, 0.3) is 0 Å². The van der Waals surface area contributed by atoms with Gasteiger partial charge in [-0.25, -0.2) is 23.8 Å². The second-order valence-electron chi connectivity index (χ2n) is 6.76. The molecule has 0 atom stereocenters. The molecule has 6 nitrogen and oxygen atoms in total. The normalized spacial score (nSPS) is 16.0. The lowest BCUT2D eigenvalue weighted by Crippen LogP contribution is -2.17. The van der Waals surface area contributed by atoms with Gasteiger partial charge in [-0.15, -0.1) is 0 Å². The zero-order valence-electron chi connectivity index (χ0n) is 15.4. The van der Waals surface area contributed by atoms with Gasteiger partial charge in [-0.1, -0.05) is 25.0 Å². The zero-order valence-corrected chi connectivity index (χ0v) is 16.2. The molecule has 1 N–H and O–H groups in total. The van der Waals surface area contributed by atoms with E-state index in [0.717, 1.165) is 48.3 Å². The summed E-state index contributed by atoms with van der Waals surface area (Å²) in [5.41, 5.74) is 6.19. The fourth-order valence-electron chi connectivity index (χ4n) is 3.25. The van der Waals surface area contributed by atoms with E-state index in [-0.39, 0.29) is 5.25 Å². The van der Waals surface area contributed by atoms with E-state index >= 15 is 0 Å². The second-order valence-corrected chi connectivity index (χ2v) is 8.99. The van der Waals surface area contributed by atoms with E-state index in [4.69, 9.17) is 0 Å². The van der Waals surface area contributed by atoms with Gasteiger partial charge in [0.15, 0.2) is 9.84 Å². The average molecular weight is 372 g/mol. The fourth-order valence-corrected chi connectivity index (χ4v) is 5.11. The molecule has 0 saturated heterocycles. The lowest BCUT2D eigenvalue weighted by molar-refractivity contribution is 0.579. The summed E-state index contributed by atoms with van der Waals surface area (Å²) >= 11 is 0. The Bertz CT molecular complexity index is 895. The summed E-state index contributed by atoms with van der Waals surface area (Å²) in [4.78, 5) is 8.96. The van der Waals surface area contributed by atoms with Crippen molar-refractivity contribution in [2.24, 2.45) is 5.10 Å². The molecular formula is C19H24N4O2S. The lowest BCUT2D eigenvalue weighted by atomic mass is 10.1. The number of aromatic nitrogens is 2. The van der Waals surface area contributed by atoms with Gasteiger partial charge in [0.05, 0.1) is 15.9 Å². The van der Waals surface area contributed by atoms with Crippen molar-refractivity contribution >= 4 is 21.5 Å². The molecule has 1 heterocycles. The Hall–Kier alpha value is -2.28. The highest BCUT2D eigenvalue weighted by Crippen LogP contribution is 2.29. The molecule has 0 radical (unpaired) electrons. The number of hydrogen-bond acceptors (Lipinski definition) is 6. The van der Waals surface area contributed by atoms with Crippen molar-refractivity contribution in [3.8, 4) is 0 Å². The van der Waals surface area contributed by atoms with Crippen LogP contribution in [0.1, 0.15) is 49.6 Å². The third kappa shape index (κ3) is 4.09. The molecule has 7 heteroatoms. The minimum absolute atomic E-state index is 0.230. The van der Waals surface area contributed by atoms with E-state index in [1.54, 1.807) is 24.3 Å². The van der Waals surface area contributed by atoms with Crippen LogP contribution in [0.2, 0.25) is 0 Å². The van der Waals surface area contributed by atoms with Crippen molar-refractivity contribution in [3.05, 3.63) is 47.3 Å². The first-order valence-corrected chi connectivity index (χ1v) is 10.4. The van der Waals surface area contributed by atoms with Crippen molar-refractivity contribution < 1.29 is 8.42 Å². The quantitative estimate of drug-likeness (QED) is 0.640. The van der Waals surface area contributed by atoms with E-state index in [9.17, 15) is 8.42 Å². The number of hydrazone groups is 1. The fraction of sp³-hybridized carbons (Fsp3) is 0.421. The minimum atomic E-state index is -3.22. The maximum Gasteiger partial charge on any atom is 0.243 e. The number of aryl methyl sites for hydroxylation is 2. The first kappa shape index (κ1) is 18.5. The van der Waals surface area contributed by atoms with Gasteiger partial charge in [-0.05, 0) is 57.4 Å². The molecule has 0 spiro atoms. The largest absolute Gasteiger partial charge is 0.245 e. The Kier molecular flexibility index (Phi) is 5.36. The van der Waals surface area contributed by atoms with Crippen molar-refractivity contribution in [1.29, 1.82) is 0 Å². The van der Waals surface area contributed by atoms with Crippen LogP contribution in [0.3, 0.4) is 0 Å². The summed E-state index contributed by atoms with van der Waals surface area (Å²) in [6, 6.07) is 8.84. The number of anilines is 1. The Morgan fingerprint density at radius 1 is 1.08 bits per heavy atom. The first-order valence-electron chi connectivity index (χ1n) is 8.83. The van der Waals surface area contributed by atoms with E-state index in [1.165, 1.54) is 0 Å². The molecular weight excluding hydrogens is 348 g/mol. The molecule has 1 aromatic heterocycles. The number of nitrogens with zero attached hydrogens (tertiary/aromatic N) is 3. The van der Waals surface area contributed by atoms with Crippen LogP contribution in [-0.4, -0.2) is 29.3 Å². The van der Waals surface area contributed by atoms with E-state index in [2.05, 4.69) is 20.5 Å².